The summed E-state index contributed by atoms with van der Waals surface area (Å²) in [6, 6.07) is 3.70. The Hall–Kier alpha value is -2.26. The predicted molar refractivity (Wildman–Crippen MR) is 151 cm³/mol. The number of guanidine groups is 1. The summed E-state index contributed by atoms with van der Waals surface area (Å²) in [7, 11) is -2.60. The van der Waals surface area contributed by atoms with Gasteiger partial charge in [-0.1, -0.05) is 38.5 Å². The maximum atomic E-state index is 12.4. The van der Waals surface area contributed by atoms with Crippen LogP contribution in [0.4, 0.5) is 5.69 Å². The van der Waals surface area contributed by atoms with Gasteiger partial charge in [-0.15, -0.1) is 4.99 Å². The predicted octanol–water partition coefficient (Wildman–Crippen LogP) is 3.28. The molecule has 0 spiro atoms. The first kappa shape index (κ1) is 30.3. The number of anilines is 1. The molecule has 2 aliphatic rings. The van der Waals surface area contributed by atoms with Gasteiger partial charge in [0.15, 0.2) is 0 Å². The Kier molecular flexibility index (Phi) is 13.3. The molecule has 2 heterocycles. The first-order valence-electron chi connectivity index (χ1n) is 14.2. The van der Waals surface area contributed by atoms with Gasteiger partial charge < -0.3 is 15.4 Å². The van der Waals surface area contributed by atoms with E-state index in [4.69, 9.17) is 15.7 Å². The number of nitrogens with two attached hydrogens (primary N) is 1. The van der Waals surface area contributed by atoms with E-state index < -0.39 is 10.9 Å². The molecule has 0 bridgehead atoms. The fourth-order valence-electron chi connectivity index (χ4n) is 5.87. The lowest BCUT2D eigenvalue weighted by molar-refractivity contribution is 0.0336. The highest BCUT2D eigenvalue weighted by molar-refractivity contribution is 7.69. The lowest BCUT2D eigenvalue weighted by atomic mass is 9.78. The first-order valence-corrected chi connectivity index (χ1v) is 15.3. The molecule has 0 amide bonds. The van der Waals surface area contributed by atoms with Crippen LogP contribution in [0.5, 0.6) is 0 Å². The lowest BCUT2D eigenvalue weighted by Gasteiger charge is -2.44. The van der Waals surface area contributed by atoms with Crippen molar-refractivity contribution >= 4 is 22.5 Å². The number of aromatic nitrogens is 1. The van der Waals surface area contributed by atoms with E-state index in [9.17, 15) is 8.42 Å². The molecule has 1 aliphatic carbocycles. The van der Waals surface area contributed by atoms with Crippen molar-refractivity contribution in [1.29, 1.82) is 5.26 Å². The van der Waals surface area contributed by atoms with Crippen LogP contribution in [0.15, 0.2) is 29.5 Å². The largest absolute Gasteiger partial charge is 0.379 e. The third kappa shape index (κ3) is 9.49. The maximum Gasteiger partial charge on any atom is 0.211 e. The maximum absolute atomic E-state index is 12.4. The normalized spacial score (nSPS) is 18.5. The molecule has 10 nitrogen and oxygen atoms in total. The van der Waals surface area contributed by atoms with Gasteiger partial charge in [-0.25, -0.2) is 8.42 Å². The van der Waals surface area contributed by atoms with Crippen molar-refractivity contribution in [3.63, 3.8) is 0 Å². The molecule has 1 saturated carbocycles. The summed E-state index contributed by atoms with van der Waals surface area (Å²) in [6.45, 7) is 5.84. The number of ether oxygens (including phenoxy) is 1. The van der Waals surface area contributed by atoms with E-state index in [2.05, 4.69) is 14.9 Å². The molecule has 11 heteroatoms. The molecule has 212 valence electrons. The number of morpholine rings is 1. The van der Waals surface area contributed by atoms with Crippen molar-refractivity contribution < 1.29 is 13.2 Å². The minimum atomic E-state index is -2.60. The summed E-state index contributed by atoms with van der Waals surface area (Å²) in [5.74, 6) is 0.181. The summed E-state index contributed by atoms with van der Waals surface area (Å²) >= 11 is 0. The van der Waals surface area contributed by atoms with Gasteiger partial charge in [-0.3, -0.25) is 9.88 Å². The van der Waals surface area contributed by atoms with E-state index in [1.807, 2.05) is 21.3 Å². The zero-order valence-electron chi connectivity index (χ0n) is 22.7. The van der Waals surface area contributed by atoms with Crippen LogP contribution in [0.1, 0.15) is 77.0 Å². The Labute approximate surface area is 229 Å². The summed E-state index contributed by atoms with van der Waals surface area (Å²) in [5.41, 5.74) is 6.66. The van der Waals surface area contributed by atoms with Crippen LogP contribution in [-0.2, 0) is 15.6 Å². The smallest absolute Gasteiger partial charge is 0.211 e. The number of aliphatic imine (C=N–C) groups is 1. The molecule has 38 heavy (non-hydrogen) atoms. The fourth-order valence-corrected chi connectivity index (χ4v) is 6.82. The van der Waals surface area contributed by atoms with Crippen LogP contribution in [0, 0.1) is 11.5 Å². The minimum Gasteiger partial charge on any atom is -0.379 e. The van der Waals surface area contributed by atoms with Crippen LogP contribution < -0.4 is 10.6 Å². The van der Waals surface area contributed by atoms with E-state index in [0.717, 1.165) is 109 Å². The molecule has 2 N–H and O–H groups in total. The zero-order valence-corrected chi connectivity index (χ0v) is 23.6. The van der Waals surface area contributed by atoms with Gasteiger partial charge in [0.1, 0.15) is 0 Å². The molecular formula is C27H45N7O3S. The van der Waals surface area contributed by atoms with Crippen LogP contribution in [0.2, 0.25) is 0 Å². The summed E-state index contributed by atoms with van der Waals surface area (Å²) < 4.78 is 32.2. The standard InChI is InChI=1S/C27H45N7O3S/c28-24-31-26(29)33(25-10-15-30-16-11-25)18-7-2-1-3-8-19-34(38(35)36)27(12-5-4-6-13-27)14-9-17-32-20-22-37-23-21-32/h10-11,15-16,38H,1-9,12-14,17-23H2,(H2,29,31). The Morgan fingerprint density at radius 2 is 1.71 bits per heavy atom. The Morgan fingerprint density at radius 3 is 2.37 bits per heavy atom. The Morgan fingerprint density at radius 1 is 1.05 bits per heavy atom. The molecule has 1 saturated heterocycles. The SMILES string of the molecule is N#CN=C(N)N(CCCCCCCN([SH](=O)=O)C1(CCCN2CCOCC2)CCCCC1)c1ccncc1. The van der Waals surface area contributed by atoms with E-state index in [1.165, 1.54) is 6.42 Å². The number of unbranched alkanes of at least 4 members (excludes halogenated alkanes) is 4. The van der Waals surface area contributed by atoms with Gasteiger partial charge in [-0.2, -0.15) is 9.57 Å². The molecule has 1 aromatic rings. The number of hydrogen-bond acceptors (Lipinski definition) is 7. The number of hydrogen-bond donors (Lipinski definition) is 2. The quantitative estimate of drug-likeness (QED) is 0.113. The summed E-state index contributed by atoms with van der Waals surface area (Å²) in [4.78, 5) is 12.0. The third-order valence-corrected chi connectivity index (χ3v) is 8.93. The molecule has 0 atom stereocenters. The Bertz CT molecular complexity index is 947. The van der Waals surface area contributed by atoms with E-state index >= 15 is 0 Å². The van der Waals surface area contributed by atoms with Gasteiger partial charge >= 0.3 is 0 Å². The average Bonchev–Trinajstić information content (AvgIpc) is 2.93. The minimum absolute atomic E-state index is 0.181. The van der Waals surface area contributed by atoms with Gasteiger partial charge in [0.25, 0.3) is 0 Å². The molecule has 0 aromatic carbocycles. The van der Waals surface area contributed by atoms with Crippen molar-refractivity contribution in [2.45, 2.75) is 82.6 Å². The monoisotopic (exact) mass is 547 g/mol. The number of thiol groups is 1. The van der Waals surface area contributed by atoms with Crippen molar-refractivity contribution in [1.82, 2.24) is 14.2 Å². The average molecular weight is 548 g/mol. The van der Waals surface area contributed by atoms with Crippen LogP contribution in [0.25, 0.3) is 0 Å². The molecule has 3 rings (SSSR count). The van der Waals surface area contributed by atoms with Crippen LogP contribution in [-0.4, -0.2) is 80.0 Å². The summed E-state index contributed by atoms with van der Waals surface area (Å²) in [6.07, 6.45) is 17.3. The molecular weight excluding hydrogens is 502 g/mol. The topological polar surface area (TPSA) is 128 Å². The van der Waals surface area contributed by atoms with Crippen LogP contribution in [0.3, 0.4) is 0 Å². The highest BCUT2D eigenvalue weighted by Crippen LogP contribution is 2.38. The molecule has 1 aromatic heterocycles. The van der Waals surface area contributed by atoms with Gasteiger partial charge in [0.05, 0.1) is 13.2 Å². The van der Waals surface area contributed by atoms with Gasteiger partial charge in [0, 0.05) is 49.8 Å². The molecule has 2 fully saturated rings. The highest BCUT2D eigenvalue weighted by Gasteiger charge is 2.39. The number of rotatable bonds is 15. The fraction of sp³-hybridized carbons (Fsp3) is 0.741. The third-order valence-electron chi connectivity index (χ3n) is 7.92. The molecule has 0 unspecified atom stereocenters. The van der Waals surface area contributed by atoms with E-state index in [0.29, 0.717) is 13.1 Å². The highest BCUT2D eigenvalue weighted by atomic mass is 32.2. The number of nitriles is 1. The van der Waals surface area contributed by atoms with Crippen molar-refractivity contribution in [2.75, 3.05) is 50.8 Å². The van der Waals surface area contributed by atoms with Crippen LogP contribution >= 0.6 is 0 Å². The molecule has 0 radical (unpaired) electrons. The second-order valence-electron chi connectivity index (χ2n) is 10.4. The lowest BCUT2D eigenvalue weighted by Crippen LogP contribution is -2.50. The van der Waals surface area contributed by atoms with Crippen molar-refractivity contribution in [3.05, 3.63) is 24.5 Å². The van der Waals surface area contributed by atoms with E-state index in [1.54, 1.807) is 18.6 Å². The van der Waals surface area contributed by atoms with Gasteiger partial charge in [-0.05, 0) is 57.2 Å². The summed E-state index contributed by atoms with van der Waals surface area (Å²) in [5, 5.41) is 8.89. The second-order valence-corrected chi connectivity index (χ2v) is 11.4. The second kappa shape index (κ2) is 16.6. The first-order chi connectivity index (χ1) is 18.6. The van der Waals surface area contributed by atoms with Crippen molar-refractivity contribution in [2.24, 2.45) is 10.7 Å². The van der Waals surface area contributed by atoms with E-state index in [-0.39, 0.29) is 11.5 Å². The zero-order chi connectivity index (χ0) is 27.1. The van der Waals surface area contributed by atoms with Gasteiger partial charge in [0.2, 0.25) is 23.0 Å². The van der Waals surface area contributed by atoms with Crippen molar-refractivity contribution in [3.8, 4) is 6.19 Å². The number of pyridine rings is 1. The Balaban J connectivity index is 1.44. The molecule has 1 aliphatic heterocycles. The number of nitrogens with zero attached hydrogens (tertiary/aromatic N) is 6.